The Hall–Kier alpha value is -1.56. The molecule has 0 heterocycles. The van der Waals surface area contributed by atoms with Gasteiger partial charge in [-0.2, -0.15) is 0 Å². The van der Waals surface area contributed by atoms with Crippen LogP contribution in [0, 0.1) is 6.07 Å². The highest BCUT2D eigenvalue weighted by molar-refractivity contribution is 5.64. The highest BCUT2D eigenvalue weighted by Crippen LogP contribution is 2.24. The van der Waals surface area contributed by atoms with Gasteiger partial charge in [-0.25, -0.2) is 0 Å². The third kappa shape index (κ3) is 4.23. The molecule has 0 fully saturated rings. The third-order valence-electron chi connectivity index (χ3n) is 3.71. The second kappa shape index (κ2) is 7.89. The first kappa shape index (κ1) is 14.8. The molecule has 2 rings (SSSR count). The summed E-state index contributed by atoms with van der Waals surface area (Å²) in [7, 11) is 0. The molecular formula is C20H25. The molecule has 2 aromatic carbocycles. The van der Waals surface area contributed by atoms with Crippen LogP contribution in [-0.2, 0) is 12.8 Å². The van der Waals surface area contributed by atoms with Crippen LogP contribution in [0.4, 0.5) is 0 Å². The van der Waals surface area contributed by atoms with Gasteiger partial charge in [-0.05, 0) is 54.0 Å². The van der Waals surface area contributed by atoms with Crippen molar-refractivity contribution in [1.29, 1.82) is 0 Å². The van der Waals surface area contributed by atoms with Crippen LogP contribution in [-0.4, -0.2) is 0 Å². The molecule has 0 aliphatic heterocycles. The van der Waals surface area contributed by atoms with Crippen LogP contribution in [0.15, 0.2) is 42.5 Å². The van der Waals surface area contributed by atoms with Crippen LogP contribution in [0.5, 0.6) is 0 Å². The maximum atomic E-state index is 3.35. The topological polar surface area (TPSA) is 0 Å². The number of hydrogen-bond donors (Lipinski definition) is 0. The van der Waals surface area contributed by atoms with Gasteiger partial charge in [0.05, 0.1) is 0 Å². The average molecular weight is 265 g/mol. The molecule has 1 radical (unpaired) electrons. The molecule has 0 nitrogen and oxygen atoms in total. The molecule has 0 aliphatic rings. The van der Waals surface area contributed by atoms with Gasteiger partial charge < -0.3 is 0 Å². The standard InChI is InChI=1S/C20H25/c1-3-5-10-17-14-18(11-6-4-2)16-20(15-17)19-12-8-7-9-13-19/h7-9,12,14-16H,3-6,10-11H2,1-2H3. The highest BCUT2D eigenvalue weighted by Gasteiger charge is 2.03. The fourth-order valence-electron chi connectivity index (χ4n) is 2.54. The van der Waals surface area contributed by atoms with Gasteiger partial charge in [0.1, 0.15) is 0 Å². The van der Waals surface area contributed by atoms with Crippen molar-refractivity contribution in [2.24, 2.45) is 0 Å². The van der Waals surface area contributed by atoms with Gasteiger partial charge in [0.25, 0.3) is 0 Å². The minimum Gasteiger partial charge on any atom is -0.0654 e. The highest BCUT2D eigenvalue weighted by atomic mass is 14.1. The van der Waals surface area contributed by atoms with Crippen molar-refractivity contribution in [3.8, 4) is 11.1 Å². The second-order valence-corrected chi connectivity index (χ2v) is 5.52. The third-order valence-corrected chi connectivity index (χ3v) is 3.71. The summed E-state index contributed by atoms with van der Waals surface area (Å²) in [5.41, 5.74) is 5.49. The van der Waals surface area contributed by atoms with Crippen LogP contribution in [0.2, 0.25) is 0 Å². The van der Waals surface area contributed by atoms with E-state index in [9.17, 15) is 0 Å². The lowest BCUT2D eigenvalue weighted by Crippen LogP contribution is -1.92. The van der Waals surface area contributed by atoms with Crippen molar-refractivity contribution in [2.45, 2.75) is 52.4 Å². The summed E-state index contributed by atoms with van der Waals surface area (Å²) < 4.78 is 0. The van der Waals surface area contributed by atoms with E-state index in [1.807, 2.05) is 12.1 Å². The van der Waals surface area contributed by atoms with Crippen molar-refractivity contribution >= 4 is 0 Å². The minimum absolute atomic E-state index is 1.19. The van der Waals surface area contributed by atoms with Crippen molar-refractivity contribution in [1.82, 2.24) is 0 Å². The van der Waals surface area contributed by atoms with Crippen LogP contribution in [0.25, 0.3) is 11.1 Å². The van der Waals surface area contributed by atoms with E-state index in [4.69, 9.17) is 0 Å². The first-order chi connectivity index (χ1) is 9.83. The smallest absolute Gasteiger partial charge is 0.00992 e. The molecule has 0 saturated heterocycles. The quantitative estimate of drug-likeness (QED) is 0.590. The molecule has 0 aromatic heterocycles. The average Bonchev–Trinajstić information content (AvgIpc) is 2.51. The Labute approximate surface area is 123 Å². The molecule has 0 spiro atoms. The summed E-state index contributed by atoms with van der Waals surface area (Å²) in [6, 6.07) is 18.7. The summed E-state index contributed by atoms with van der Waals surface area (Å²) in [5.74, 6) is 0. The Morgan fingerprint density at radius 2 is 1.50 bits per heavy atom. The lowest BCUT2D eigenvalue weighted by atomic mass is 9.95. The van der Waals surface area contributed by atoms with E-state index >= 15 is 0 Å². The number of hydrogen-bond acceptors (Lipinski definition) is 0. The van der Waals surface area contributed by atoms with E-state index in [2.05, 4.69) is 50.2 Å². The maximum Gasteiger partial charge on any atom is -0.00992 e. The Bertz CT molecular complexity index is 485. The molecule has 2 aromatic rings. The first-order valence-electron chi connectivity index (χ1n) is 7.93. The molecule has 0 amide bonds. The molecular weight excluding hydrogens is 240 g/mol. The molecule has 0 aliphatic carbocycles. The van der Waals surface area contributed by atoms with Crippen molar-refractivity contribution in [3.05, 3.63) is 59.7 Å². The molecule has 0 atom stereocenters. The van der Waals surface area contributed by atoms with E-state index in [0.717, 1.165) is 0 Å². The van der Waals surface area contributed by atoms with E-state index in [0.29, 0.717) is 0 Å². The van der Waals surface area contributed by atoms with Crippen molar-refractivity contribution in [2.75, 3.05) is 0 Å². The summed E-state index contributed by atoms with van der Waals surface area (Å²) in [6.07, 6.45) is 7.44. The van der Waals surface area contributed by atoms with Crippen LogP contribution < -0.4 is 0 Å². The lowest BCUT2D eigenvalue weighted by Gasteiger charge is -2.10. The predicted octanol–water partition coefficient (Wildman–Crippen LogP) is 5.84. The van der Waals surface area contributed by atoms with E-state index < -0.39 is 0 Å². The Balaban J connectivity index is 2.29. The molecule has 20 heavy (non-hydrogen) atoms. The first-order valence-corrected chi connectivity index (χ1v) is 7.93. The largest absolute Gasteiger partial charge is 0.0654 e. The van der Waals surface area contributed by atoms with Gasteiger partial charge in [0.2, 0.25) is 0 Å². The maximum absolute atomic E-state index is 3.35. The van der Waals surface area contributed by atoms with Crippen molar-refractivity contribution < 1.29 is 0 Å². The van der Waals surface area contributed by atoms with Gasteiger partial charge in [-0.1, -0.05) is 69.2 Å². The number of benzene rings is 2. The SMILES string of the molecule is CCCCc1cc(CCCC)cc(-c2[c]cccc2)c1. The van der Waals surface area contributed by atoms with Crippen LogP contribution >= 0.6 is 0 Å². The van der Waals surface area contributed by atoms with E-state index in [1.165, 1.54) is 60.8 Å². The Kier molecular flexibility index (Phi) is 5.86. The zero-order valence-electron chi connectivity index (χ0n) is 12.8. The second-order valence-electron chi connectivity index (χ2n) is 5.52. The minimum atomic E-state index is 1.19. The molecule has 0 unspecified atom stereocenters. The van der Waals surface area contributed by atoms with Crippen LogP contribution in [0.1, 0.15) is 50.7 Å². The molecule has 0 N–H and O–H groups in total. The zero-order chi connectivity index (χ0) is 14.2. The van der Waals surface area contributed by atoms with Crippen molar-refractivity contribution in [3.63, 3.8) is 0 Å². The number of aryl methyl sites for hydroxylation is 2. The van der Waals surface area contributed by atoms with Gasteiger partial charge >= 0.3 is 0 Å². The van der Waals surface area contributed by atoms with Gasteiger partial charge in [-0.3, -0.25) is 0 Å². The summed E-state index contributed by atoms with van der Waals surface area (Å²) in [6.45, 7) is 4.51. The van der Waals surface area contributed by atoms with E-state index in [1.54, 1.807) is 0 Å². The number of unbranched alkanes of at least 4 members (excludes halogenated alkanes) is 2. The molecule has 0 bridgehead atoms. The number of rotatable bonds is 7. The summed E-state index contributed by atoms with van der Waals surface area (Å²) in [5, 5.41) is 0. The van der Waals surface area contributed by atoms with Crippen LogP contribution in [0.3, 0.4) is 0 Å². The molecule has 105 valence electrons. The van der Waals surface area contributed by atoms with E-state index in [-0.39, 0.29) is 0 Å². The molecule has 0 saturated carbocycles. The fourth-order valence-corrected chi connectivity index (χ4v) is 2.54. The summed E-state index contributed by atoms with van der Waals surface area (Å²) >= 11 is 0. The van der Waals surface area contributed by atoms with Gasteiger partial charge in [0, 0.05) is 0 Å². The van der Waals surface area contributed by atoms with Gasteiger partial charge in [0.15, 0.2) is 0 Å². The Morgan fingerprint density at radius 3 is 2.00 bits per heavy atom. The molecule has 0 heteroatoms. The predicted molar refractivity (Wildman–Crippen MR) is 87.9 cm³/mol. The zero-order valence-corrected chi connectivity index (χ0v) is 12.8. The monoisotopic (exact) mass is 265 g/mol. The Morgan fingerprint density at radius 1 is 0.850 bits per heavy atom. The summed E-state index contributed by atoms with van der Waals surface area (Å²) in [4.78, 5) is 0. The lowest BCUT2D eigenvalue weighted by molar-refractivity contribution is 0.781. The normalized spacial score (nSPS) is 10.7. The van der Waals surface area contributed by atoms with Gasteiger partial charge in [-0.15, -0.1) is 0 Å². The fraction of sp³-hybridized carbons (Fsp3) is 0.400.